The maximum atomic E-state index is 15.3. The number of ether oxygens (including phenoxy) is 1. The van der Waals surface area contributed by atoms with E-state index < -0.39 is 23.8 Å². The molecule has 8 nitrogen and oxygen atoms in total. The van der Waals surface area contributed by atoms with Gasteiger partial charge < -0.3 is 14.5 Å². The fraction of sp³-hybridized carbons (Fsp3) is 0.450. The summed E-state index contributed by atoms with van der Waals surface area (Å²) in [5.74, 6) is -3.49. The average molecular weight is 449 g/mol. The molecule has 4 heterocycles. The van der Waals surface area contributed by atoms with Crippen LogP contribution in [0.1, 0.15) is 24.5 Å². The number of anilines is 1. The summed E-state index contributed by atoms with van der Waals surface area (Å²) in [6, 6.07) is 2.00. The van der Waals surface area contributed by atoms with Crippen LogP contribution in [-0.4, -0.2) is 57.9 Å². The van der Waals surface area contributed by atoms with Crippen molar-refractivity contribution in [3.63, 3.8) is 0 Å². The van der Waals surface area contributed by atoms with Crippen LogP contribution >= 0.6 is 11.6 Å². The Morgan fingerprint density at radius 1 is 1.26 bits per heavy atom. The molecule has 4 rings (SSSR count). The Hall–Kier alpha value is -3.06. The lowest BCUT2D eigenvalue weighted by molar-refractivity contribution is -0.173. The third kappa shape index (κ3) is 3.74. The van der Waals surface area contributed by atoms with E-state index in [1.54, 1.807) is 0 Å². The highest BCUT2D eigenvalue weighted by atomic mass is 35.5. The number of nitriles is 1. The fourth-order valence-corrected chi connectivity index (χ4v) is 3.95. The van der Waals surface area contributed by atoms with E-state index in [0.717, 1.165) is 0 Å². The standard InChI is InChI=1S/C20H19ClF2N6O2/c1-19(2-3-29(12-20(19,22)23)18-26-9-15(21)10-27-18)17(30)28-4-5-31-16-13(6-24)7-25-8-14(16)11-28/h7-10H,2-5,11-12H2,1H3. The van der Waals surface area contributed by atoms with Crippen molar-refractivity contribution in [2.24, 2.45) is 5.41 Å². The van der Waals surface area contributed by atoms with Crippen molar-refractivity contribution >= 4 is 23.5 Å². The molecule has 2 aromatic heterocycles. The molecule has 0 N–H and O–H groups in total. The highest BCUT2D eigenvalue weighted by Crippen LogP contribution is 2.46. The lowest BCUT2D eigenvalue weighted by atomic mass is 9.75. The third-order valence-corrected chi connectivity index (χ3v) is 5.98. The number of halogens is 3. The second-order valence-corrected chi connectivity index (χ2v) is 8.21. The summed E-state index contributed by atoms with van der Waals surface area (Å²) in [4.78, 5) is 28.1. The maximum absolute atomic E-state index is 15.3. The molecule has 0 aromatic carbocycles. The second kappa shape index (κ2) is 7.89. The van der Waals surface area contributed by atoms with Gasteiger partial charge in [-0.05, 0) is 13.3 Å². The molecule has 1 saturated heterocycles. The highest BCUT2D eigenvalue weighted by Gasteiger charge is 2.59. The molecule has 162 valence electrons. The average Bonchev–Trinajstić information content (AvgIpc) is 2.98. The predicted octanol–water partition coefficient (Wildman–Crippen LogP) is 2.67. The summed E-state index contributed by atoms with van der Waals surface area (Å²) in [6.07, 6.45) is 5.48. The van der Waals surface area contributed by atoms with Gasteiger partial charge in [-0.15, -0.1) is 0 Å². The molecule has 2 aromatic rings. The molecular formula is C20H19ClF2N6O2. The van der Waals surface area contributed by atoms with Crippen molar-refractivity contribution < 1.29 is 18.3 Å². The number of fused-ring (bicyclic) bond motifs is 1. The van der Waals surface area contributed by atoms with Crippen LogP contribution < -0.4 is 9.64 Å². The van der Waals surface area contributed by atoms with Gasteiger partial charge in [0.05, 0.1) is 37.1 Å². The van der Waals surface area contributed by atoms with Gasteiger partial charge in [-0.3, -0.25) is 9.78 Å². The first-order valence-electron chi connectivity index (χ1n) is 9.64. The number of carbonyl (C=O) groups excluding carboxylic acids is 1. The van der Waals surface area contributed by atoms with Crippen molar-refractivity contribution in [3.05, 3.63) is 40.9 Å². The summed E-state index contributed by atoms with van der Waals surface area (Å²) >= 11 is 5.77. The molecule has 0 saturated carbocycles. The van der Waals surface area contributed by atoms with Crippen LogP contribution in [0.4, 0.5) is 14.7 Å². The Morgan fingerprint density at radius 3 is 2.68 bits per heavy atom. The van der Waals surface area contributed by atoms with E-state index in [-0.39, 0.29) is 44.2 Å². The Morgan fingerprint density at radius 2 is 2.00 bits per heavy atom. The number of carbonyl (C=O) groups is 1. The fourth-order valence-electron chi connectivity index (χ4n) is 3.86. The van der Waals surface area contributed by atoms with Gasteiger partial charge in [-0.1, -0.05) is 11.6 Å². The Kier molecular flexibility index (Phi) is 5.39. The summed E-state index contributed by atoms with van der Waals surface area (Å²) in [7, 11) is 0. The van der Waals surface area contributed by atoms with Gasteiger partial charge in [-0.25, -0.2) is 18.7 Å². The number of aromatic nitrogens is 3. The molecule has 31 heavy (non-hydrogen) atoms. The van der Waals surface area contributed by atoms with E-state index in [4.69, 9.17) is 16.3 Å². The Bertz CT molecular complexity index is 1040. The molecule has 2 aliphatic heterocycles. The van der Waals surface area contributed by atoms with E-state index in [1.807, 2.05) is 6.07 Å². The van der Waals surface area contributed by atoms with Crippen molar-refractivity contribution in [1.82, 2.24) is 19.9 Å². The maximum Gasteiger partial charge on any atom is 0.279 e. The second-order valence-electron chi connectivity index (χ2n) is 7.77. The van der Waals surface area contributed by atoms with Gasteiger partial charge in [0.1, 0.15) is 29.4 Å². The van der Waals surface area contributed by atoms with Gasteiger partial charge in [-0.2, -0.15) is 5.26 Å². The monoisotopic (exact) mass is 448 g/mol. The molecule has 0 radical (unpaired) electrons. The molecule has 0 aliphatic carbocycles. The first-order chi connectivity index (χ1) is 14.7. The third-order valence-electron chi connectivity index (χ3n) is 5.79. The lowest BCUT2D eigenvalue weighted by Gasteiger charge is -2.46. The molecular weight excluding hydrogens is 430 g/mol. The minimum Gasteiger partial charge on any atom is -0.490 e. The van der Waals surface area contributed by atoms with E-state index in [2.05, 4.69) is 15.0 Å². The van der Waals surface area contributed by atoms with Crippen LogP contribution in [0.15, 0.2) is 24.8 Å². The minimum atomic E-state index is -3.33. The number of alkyl halides is 2. The predicted molar refractivity (Wildman–Crippen MR) is 107 cm³/mol. The van der Waals surface area contributed by atoms with Gasteiger partial charge in [0.2, 0.25) is 11.9 Å². The van der Waals surface area contributed by atoms with Crippen LogP contribution in [0, 0.1) is 16.7 Å². The van der Waals surface area contributed by atoms with Crippen LogP contribution in [-0.2, 0) is 11.3 Å². The molecule has 11 heteroatoms. The molecule has 1 unspecified atom stereocenters. The van der Waals surface area contributed by atoms with Crippen molar-refractivity contribution in [2.75, 3.05) is 31.1 Å². The first-order valence-corrected chi connectivity index (χ1v) is 10.0. The van der Waals surface area contributed by atoms with Gasteiger partial charge in [0.15, 0.2) is 0 Å². The zero-order chi connectivity index (χ0) is 22.2. The number of pyridine rings is 1. The lowest BCUT2D eigenvalue weighted by Crippen LogP contribution is -2.61. The number of hydrogen-bond donors (Lipinski definition) is 0. The largest absolute Gasteiger partial charge is 0.490 e. The zero-order valence-corrected chi connectivity index (χ0v) is 17.4. The zero-order valence-electron chi connectivity index (χ0n) is 16.7. The molecule has 2 aliphatic rings. The minimum absolute atomic E-state index is 0.0480. The number of amides is 1. The van der Waals surface area contributed by atoms with Crippen molar-refractivity contribution in [3.8, 4) is 11.8 Å². The molecule has 1 amide bonds. The highest BCUT2D eigenvalue weighted by molar-refractivity contribution is 6.30. The van der Waals surface area contributed by atoms with Gasteiger partial charge in [0.25, 0.3) is 5.92 Å². The summed E-state index contributed by atoms with van der Waals surface area (Å²) in [6.45, 7) is 1.09. The van der Waals surface area contributed by atoms with E-state index in [1.165, 1.54) is 41.5 Å². The smallest absolute Gasteiger partial charge is 0.279 e. The molecule has 1 fully saturated rings. The van der Waals surface area contributed by atoms with Crippen molar-refractivity contribution in [2.45, 2.75) is 25.8 Å². The quantitative estimate of drug-likeness (QED) is 0.696. The molecule has 0 bridgehead atoms. The molecule has 1 atom stereocenters. The summed E-state index contributed by atoms with van der Waals surface area (Å²) in [5.41, 5.74) is -1.14. The van der Waals surface area contributed by atoms with Crippen LogP contribution in [0.5, 0.6) is 5.75 Å². The Balaban J connectivity index is 1.56. The summed E-state index contributed by atoms with van der Waals surface area (Å²) < 4.78 is 36.3. The van der Waals surface area contributed by atoms with Gasteiger partial charge >= 0.3 is 0 Å². The first kappa shape index (κ1) is 21.2. The topological polar surface area (TPSA) is 95.2 Å². The van der Waals surface area contributed by atoms with Crippen LogP contribution in [0.2, 0.25) is 5.02 Å². The van der Waals surface area contributed by atoms with Crippen molar-refractivity contribution in [1.29, 1.82) is 5.26 Å². The van der Waals surface area contributed by atoms with Gasteiger partial charge in [0, 0.05) is 24.5 Å². The van der Waals surface area contributed by atoms with E-state index in [9.17, 15) is 10.1 Å². The van der Waals surface area contributed by atoms with E-state index in [0.29, 0.717) is 16.3 Å². The van der Waals surface area contributed by atoms with E-state index >= 15 is 8.78 Å². The summed E-state index contributed by atoms with van der Waals surface area (Å²) in [5, 5.41) is 9.55. The molecule has 0 spiro atoms. The number of piperidine rings is 1. The van der Waals surface area contributed by atoms with Crippen LogP contribution in [0.3, 0.4) is 0 Å². The number of nitrogens with zero attached hydrogens (tertiary/aromatic N) is 6. The number of rotatable bonds is 2. The Labute approximate surface area is 182 Å². The normalized spacial score (nSPS) is 22.7. The van der Waals surface area contributed by atoms with Crippen LogP contribution in [0.25, 0.3) is 0 Å². The SMILES string of the molecule is CC1(C(=O)N2CCOc3c(C#N)cncc3C2)CCN(c2ncc(Cl)cn2)CC1(F)F. The number of hydrogen-bond acceptors (Lipinski definition) is 7.